The van der Waals surface area contributed by atoms with Gasteiger partial charge in [0.25, 0.3) is 0 Å². The molecule has 0 aliphatic rings. The minimum absolute atomic E-state index is 0.00637. The van der Waals surface area contributed by atoms with E-state index in [4.69, 9.17) is 0 Å². The van der Waals surface area contributed by atoms with E-state index in [2.05, 4.69) is 15.0 Å². The normalized spacial score (nSPS) is 11.3. The first-order chi connectivity index (χ1) is 16.5. The Morgan fingerprint density at radius 1 is 0.971 bits per heavy atom. The van der Waals surface area contributed by atoms with Gasteiger partial charge in [0, 0.05) is 21.7 Å². The van der Waals surface area contributed by atoms with Crippen LogP contribution in [0.3, 0.4) is 0 Å². The summed E-state index contributed by atoms with van der Waals surface area (Å²) in [4.78, 5) is 30.2. The van der Waals surface area contributed by atoms with Crippen LogP contribution in [0.25, 0.3) is 33.1 Å². The number of amides is 1. The van der Waals surface area contributed by atoms with E-state index in [1.54, 1.807) is 64.5 Å². The Bertz CT molecular complexity index is 1520. The van der Waals surface area contributed by atoms with Crippen molar-refractivity contribution in [3.05, 3.63) is 88.4 Å². The molecule has 0 radical (unpaired) electrons. The number of nitrogens with zero attached hydrogens (tertiary/aromatic N) is 2. The number of rotatable bonds is 6. The van der Waals surface area contributed by atoms with Gasteiger partial charge in [0.15, 0.2) is 10.6 Å². The van der Waals surface area contributed by atoms with Gasteiger partial charge in [-0.2, -0.15) is 8.78 Å². The van der Waals surface area contributed by atoms with Crippen molar-refractivity contribution in [2.75, 3.05) is 5.32 Å². The number of benzene rings is 3. The highest BCUT2D eigenvalue weighted by molar-refractivity contribution is 7.14. The lowest BCUT2D eigenvalue weighted by Crippen LogP contribution is -2.21. The van der Waals surface area contributed by atoms with Crippen molar-refractivity contribution in [1.82, 2.24) is 9.55 Å². The number of thiazole rings is 1. The van der Waals surface area contributed by atoms with Crippen molar-refractivity contribution in [3.63, 3.8) is 0 Å². The third-order valence-corrected chi connectivity index (χ3v) is 6.07. The average molecular weight is 477 g/mol. The number of hydrogen-bond donors (Lipinski definition) is 1. The number of carbonyl (C=O) groups excluding carboxylic acids is 1. The van der Waals surface area contributed by atoms with Crippen molar-refractivity contribution in [1.29, 1.82) is 0 Å². The summed E-state index contributed by atoms with van der Waals surface area (Å²) >= 11 is 1.18. The molecule has 0 saturated heterocycles. The van der Waals surface area contributed by atoms with E-state index < -0.39 is 6.61 Å². The highest BCUT2D eigenvalue weighted by atomic mass is 32.1. The van der Waals surface area contributed by atoms with Crippen LogP contribution in [-0.4, -0.2) is 22.1 Å². The quantitative estimate of drug-likeness (QED) is 0.327. The molecule has 170 valence electrons. The summed E-state index contributed by atoms with van der Waals surface area (Å²) in [5, 5.41) is 5.80. The first kappa shape index (κ1) is 21.7. The Kier molecular flexibility index (Phi) is 5.77. The van der Waals surface area contributed by atoms with Gasteiger partial charge in [0.05, 0.1) is 16.7 Å². The van der Waals surface area contributed by atoms with Gasteiger partial charge < -0.3 is 14.6 Å². The maximum Gasteiger partial charge on any atom is 0.387 e. The molecule has 1 amide bonds. The van der Waals surface area contributed by atoms with Crippen molar-refractivity contribution >= 4 is 44.2 Å². The summed E-state index contributed by atoms with van der Waals surface area (Å²) in [7, 11) is 0. The molecule has 1 N–H and O–H groups in total. The summed E-state index contributed by atoms with van der Waals surface area (Å²) < 4.78 is 31.8. The lowest BCUT2D eigenvalue weighted by molar-refractivity contribution is -0.116. The molecule has 0 atom stereocenters. The second-order valence-electron chi connectivity index (χ2n) is 7.41. The minimum atomic E-state index is -2.96. The van der Waals surface area contributed by atoms with Gasteiger partial charge in [-0.3, -0.25) is 9.59 Å². The molecule has 34 heavy (non-hydrogen) atoms. The molecule has 5 aromatic rings. The Balaban J connectivity index is 1.44. The number of halogens is 2. The summed E-state index contributed by atoms with van der Waals surface area (Å²) in [5.41, 5.74) is 2.03. The zero-order valence-electron chi connectivity index (χ0n) is 17.6. The molecule has 0 spiro atoms. The van der Waals surface area contributed by atoms with Crippen LogP contribution < -0.4 is 15.5 Å². The van der Waals surface area contributed by atoms with E-state index in [9.17, 15) is 18.4 Å². The molecule has 6 nitrogen and oxygen atoms in total. The number of anilines is 1. The van der Waals surface area contributed by atoms with Crippen LogP contribution in [0.1, 0.15) is 0 Å². The average Bonchev–Trinajstić information content (AvgIpc) is 3.30. The van der Waals surface area contributed by atoms with Crippen LogP contribution in [0.2, 0.25) is 0 Å². The lowest BCUT2D eigenvalue weighted by Gasteiger charge is -2.14. The highest BCUT2D eigenvalue weighted by Gasteiger charge is 2.16. The summed E-state index contributed by atoms with van der Waals surface area (Å²) in [6.07, 6.45) is 0. The van der Waals surface area contributed by atoms with Gasteiger partial charge in [-0.25, -0.2) is 4.98 Å². The second kappa shape index (κ2) is 9.03. The van der Waals surface area contributed by atoms with Crippen LogP contribution in [0.4, 0.5) is 13.9 Å². The van der Waals surface area contributed by atoms with Crippen molar-refractivity contribution < 1.29 is 18.3 Å². The van der Waals surface area contributed by atoms with Gasteiger partial charge in [0.1, 0.15) is 12.3 Å². The fraction of sp³-hybridized carbons (Fsp3) is 0.0800. The summed E-state index contributed by atoms with van der Waals surface area (Å²) in [6, 6.07) is 20.6. The molecule has 0 bridgehead atoms. The third kappa shape index (κ3) is 4.13. The Labute approximate surface area is 196 Å². The summed E-state index contributed by atoms with van der Waals surface area (Å²) in [6.45, 7) is -3.00. The number of ether oxygens (including phenoxy) is 1. The Morgan fingerprint density at radius 2 is 1.59 bits per heavy atom. The number of carbonyl (C=O) groups is 1. The number of hydrogen-bond acceptors (Lipinski definition) is 5. The second-order valence-corrected chi connectivity index (χ2v) is 8.27. The number of fused-ring (bicyclic) bond motifs is 2. The van der Waals surface area contributed by atoms with Crippen molar-refractivity contribution in [2.45, 2.75) is 13.2 Å². The Hall–Kier alpha value is -4.11. The molecular formula is C25H17F2N3O3S. The number of nitrogens with one attached hydrogen (secondary N) is 1. The number of pyridine rings is 1. The zero-order valence-corrected chi connectivity index (χ0v) is 18.4. The molecule has 3 aromatic carbocycles. The lowest BCUT2D eigenvalue weighted by atomic mass is 10.1. The van der Waals surface area contributed by atoms with Gasteiger partial charge in [0.2, 0.25) is 5.91 Å². The van der Waals surface area contributed by atoms with Crippen molar-refractivity contribution in [3.8, 4) is 17.0 Å². The fourth-order valence-corrected chi connectivity index (χ4v) is 4.61. The van der Waals surface area contributed by atoms with Gasteiger partial charge >= 0.3 is 6.61 Å². The maximum absolute atomic E-state index is 12.9. The summed E-state index contributed by atoms with van der Waals surface area (Å²) in [5.74, 6) is -0.330. The monoisotopic (exact) mass is 477 g/mol. The van der Waals surface area contributed by atoms with E-state index >= 15 is 0 Å². The van der Waals surface area contributed by atoms with Crippen LogP contribution in [0.15, 0.2) is 83.0 Å². The molecule has 0 aliphatic heterocycles. The van der Waals surface area contributed by atoms with E-state index in [0.717, 1.165) is 0 Å². The van der Waals surface area contributed by atoms with E-state index in [0.29, 0.717) is 38.2 Å². The Morgan fingerprint density at radius 3 is 2.26 bits per heavy atom. The van der Waals surface area contributed by atoms with Crippen LogP contribution in [0, 0.1) is 0 Å². The number of alkyl halides is 2. The molecule has 2 heterocycles. The maximum atomic E-state index is 12.9. The molecule has 0 aliphatic carbocycles. The smallest absolute Gasteiger partial charge is 0.387 e. The predicted molar refractivity (Wildman–Crippen MR) is 129 cm³/mol. The van der Waals surface area contributed by atoms with Crippen LogP contribution in [0.5, 0.6) is 5.75 Å². The topological polar surface area (TPSA) is 73.2 Å². The van der Waals surface area contributed by atoms with Gasteiger partial charge in [-0.15, -0.1) is 11.3 Å². The molecule has 2 aromatic heterocycles. The SMILES string of the molecule is O=C(Cn1c2ccccc2c(=O)c2ccccc21)Nc1nc(-c2ccccc2OC(F)F)cs1. The van der Waals surface area contributed by atoms with Crippen molar-refractivity contribution in [2.24, 2.45) is 0 Å². The molecule has 0 fully saturated rings. The van der Waals surface area contributed by atoms with E-state index in [1.165, 1.54) is 17.4 Å². The van der Waals surface area contributed by atoms with Crippen LogP contribution >= 0.6 is 11.3 Å². The standard InChI is InChI=1S/C25H17F2N3O3S/c26-24(27)33-21-12-6-3-7-15(21)18-14-34-25(28-18)29-22(31)13-30-19-10-4-1-8-16(19)23(32)17-9-2-5-11-20(17)30/h1-12,14,24H,13H2,(H,28,29,31). The van der Waals surface area contributed by atoms with E-state index in [-0.39, 0.29) is 23.6 Å². The van der Waals surface area contributed by atoms with Crippen LogP contribution in [-0.2, 0) is 11.3 Å². The third-order valence-electron chi connectivity index (χ3n) is 5.31. The molecule has 9 heteroatoms. The zero-order chi connectivity index (χ0) is 23.7. The highest BCUT2D eigenvalue weighted by Crippen LogP contribution is 2.33. The first-order valence-electron chi connectivity index (χ1n) is 10.3. The number of aromatic nitrogens is 2. The number of para-hydroxylation sites is 3. The van der Waals surface area contributed by atoms with E-state index in [1.807, 2.05) is 12.1 Å². The molecule has 0 saturated carbocycles. The largest absolute Gasteiger partial charge is 0.434 e. The van der Waals surface area contributed by atoms with Gasteiger partial charge in [-0.1, -0.05) is 36.4 Å². The molecule has 0 unspecified atom stereocenters. The minimum Gasteiger partial charge on any atom is -0.434 e. The fourth-order valence-electron chi connectivity index (χ4n) is 3.88. The van der Waals surface area contributed by atoms with Gasteiger partial charge in [-0.05, 0) is 36.4 Å². The molecule has 5 rings (SSSR count). The predicted octanol–water partition coefficient (Wildman–Crippen LogP) is 5.52. The molecular weight excluding hydrogens is 460 g/mol. The first-order valence-corrected chi connectivity index (χ1v) is 11.2.